The number of carboxylic acids is 1. The second-order valence-electron chi connectivity index (χ2n) is 4.18. The van der Waals surface area contributed by atoms with Crippen LogP contribution in [0.15, 0.2) is 5.38 Å². The first-order valence-corrected chi connectivity index (χ1v) is 6.19. The van der Waals surface area contributed by atoms with Gasteiger partial charge in [-0.05, 0) is 32.6 Å². The maximum atomic E-state index is 10.8. The highest BCUT2D eigenvalue weighted by Gasteiger charge is 2.27. The third kappa shape index (κ3) is 2.37. The highest BCUT2D eigenvalue weighted by Crippen LogP contribution is 2.35. The van der Waals surface area contributed by atoms with E-state index in [0.717, 1.165) is 30.7 Å². The molecule has 0 amide bonds. The molecule has 82 valence electrons. The Balaban J connectivity index is 1.96. The van der Waals surface area contributed by atoms with Gasteiger partial charge in [-0.2, -0.15) is 0 Å². The number of rotatable bonds is 2. The Hall–Kier alpha value is -0.900. The van der Waals surface area contributed by atoms with E-state index in [4.69, 9.17) is 5.11 Å². The fraction of sp³-hybridized carbons (Fsp3) is 0.636. The van der Waals surface area contributed by atoms with E-state index < -0.39 is 5.97 Å². The maximum Gasteiger partial charge on any atom is 0.306 e. The number of aryl methyl sites for hydroxylation is 1. The third-order valence-corrected chi connectivity index (χ3v) is 3.92. The van der Waals surface area contributed by atoms with Crippen molar-refractivity contribution in [2.24, 2.45) is 5.92 Å². The summed E-state index contributed by atoms with van der Waals surface area (Å²) in [6.07, 6.45) is 3.55. The van der Waals surface area contributed by atoms with Crippen molar-refractivity contribution in [1.29, 1.82) is 0 Å². The lowest BCUT2D eigenvalue weighted by molar-refractivity contribution is -0.142. The van der Waals surface area contributed by atoms with Gasteiger partial charge in [-0.3, -0.25) is 4.79 Å². The van der Waals surface area contributed by atoms with Gasteiger partial charge < -0.3 is 5.11 Å². The molecule has 1 aliphatic rings. The molecule has 0 radical (unpaired) electrons. The highest BCUT2D eigenvalue weighted by atomic mass is 32.1. The summed E-state index contributed by atoms with van der Waals surface area (Å²) in [7, 11) is 0. The monoisotopic (exact) mass is 225 g/mol. The summed E-state index contributed by atoms with van der Waals surface area (Å²) in [5, 5.41) is 12.1. The average Bonchev–Trinajstić information content (AvgIpc) is 2.65. The molecule has 1 fully saturated rings. The summed E-state index contributed by atoms with van der Waals surface area (Å²) in [4.78, 5) is 15.3. The molecule has 15 heavy (non-hydrogen) atoms. The lowest BCUT2D eigenvalue weighted by atomic mass is 9.81. The van der Waals surface area contributed by atoms with Crippen LogP contribution in [0.1, 0.15) is 42.3 Å². The number of thiazole rings is 1. The zero-order valence-electron chi connectivity index (χ0n) is 8.77. The van der Waals surface area contributed by atoms with Crippen LogP contribution in [0.3, 0.4) is 0 Å². The van der Waals surface area contributed by atoms with Crippen molar-refractivity contribution in [3.63, 3.8) is 0 Å². The molecule has 3 nitrogen and oxygen atoms in total. The number of carboxylic acid groups (broad SMARTS) is 1. The molecule has 1 saturated carbocycles. The lowest BCUT2D eigenvalue weighted by Gasteiger charge is -2.24. The Morgan fingerprint density at radius 1 is 1.47 bits per heavy atom. The van der Waals surface area contributed by atoms with Gasteiger partial charge in [0.05, 0.1) is 16.6 Å². The minimum Gasteiger partial charge on any atom is -0.481 e. The zero-order chi connectivity index (χ0) is 10.8. The summed E-state index contributed by atoms with van der Waals surface area (Å²) < 4.78 is 0. The summed E-state index contributed by atoms with van der Waals surface area (Å²) >= 11 is 1.68. The average molecular weight is 225 g/mol. The van der Waals surface area contributed by atoms with Crippen LogP contribution in [0.4, 0.5) is 0 Å². The Kier molecular flexibility index (Phi) is 3.05. The van der Waals surface area contributed by atoms with Gasteiger partial charge in [-0.1, -0.05) is 0 Å². The fourth-order valence-electron chi connectivity index (χ4n) is 2.20. The molecule has 1 aromatic rings. The topological polar surface area (TPSA) is 50.2 Å². The second kappa shape index (κ2) is 4.31. The molecule has 1 N–H and O–H groups in total. The predicted molar refractivity (Wildman–Crippen MR) is 59.2 cm³/mol. The molecule has 0 aromatic carbocycles. The number of aliphatic carboxylic acids is 1. The third-order valence-electron chi connectivity index (χ3n) is 3.13. The number of carbonyl (C=O) groups is 1. The van der Waals surface area contributed by atoms with E-state index in [-0.39, 0.29) is 5.92 Å². The van der Waals surface area contributed by atoms with Crippen molar-refractivity contribution in [2.45, 2.75) is 38.5 Å². The van der Waals surface area contributed by atoms with Crippen LogP contribution in [0, 0.1) is 12.8 Å². The van der Waals surface area contributed by atoms with E-state index in [0.29, 0.717) is 5.92 Å². The Morgan fingerprint density at radius 2 is 2.13 bits per heavy atom. The fourth-order valence-corrected chi connectivity index (χ4v) is 2.90. The molecule has 1 heterocycles. The smallest absolute Gasteiger partial charge is 0.306 e. The first-order valence-electron chi connectivity index (χ1n) is 5.31. The first-order chi connectivity index (χ1) is 7.16. The molecular weight excluding hydrogens is 210 g/mol. The quantitative estimate of drug-likeness (QED) is 0.842. The summed E-state index contributed by atoms with van der Waals surface area (Å²) in [5.74, 6) is -0.269. The minimum atomic E-state index is -0.636. The van der Waals surface area contributed by atoms with Crippen molar-refractivity contribution < 1.29 is 9.90 Å². The molecule has 0 saturated heterocycles. The molecule has 0 atom stereocenters. The zero-order valence-corrected chi connectivity index (χ0v) is 9.59. The van der Waals surface area contributed by atoms with E-state index in [9.17, 15) is 4.79 Å². The van der Waals surface area contributed by atoms with Gasteiger partial charge in [0.2, 0.25) is 0 Å². The highest BCUT2D eigenvalue weighted by molar-refractivity contribution is 7.09. The summed E-state index contributed by atoms with van der Waals surface area (Å²) in [5.41, 5.74) is 1.17. The van der Waals surface area contributed by atoms with Crippen LogP contribution in [0.25, 0.3) is 0 Å². The molecule has 4 heteroatoms. The van der Waals surface area contributed by atoms with Crippen molar-refractivity contribution in [1.82, 2.24) is 4.98 Å². The van der Waals surface area contributed by atoms with Gasteiger partial charge in [0.1, 0.15) is 0 Å². The van der Waals surface area contributed by atoms with E-state index in [1.165, 1.54) is 5.69 Å². The van der Waals surface area contributed by atoms with Crippen molar-refractivity contribution in [3.8, 4) is 0 Å². The minimum absolute atomic E-state index is 0.124. The van der Waals surface area contributed by atoms with Crippen molar-refractivity contribution >= 4 is 17.3 Å². The van der Waals surface area contributed by atoms with E-state index >= 15 is 0 Å². The van der Waals surface area contributed by atoms with Crippen LogP contribution >= 0.6 is 11.3 Å². The van der Waals surface area contributed by atoms with Gasteiger partial charge in [-0.15, -0.1) is 11.3 Å². The van der Waals surface area contributed by atoms with Gasteiger partial charge in [0, 0.05) is 11.3 Å². The van der Waals surface area contributed by atoms with Crippen LogP contribution < -0.4 is 0 Å². The van der Waals surface area contributed by atoms with Gasteiger partial charge in [-0.25, -0.2) is 4.98 Å². The van der Waals surface area contributed by atoms with Crippen LogP contribution in [0.5, 0.6) is 0 Å². The summed E-state index contributed by atoms with van der Waals surface area (Å²) in [6.45, 7) is 2.01. The Bertz CT molecular complexity index is 353. The summed E-state index contributed by atoms with van der Waals surface area (Å²) in [6, 6.07) is 0. The number of aromatic nitrogens is 1. The van der Waals surface area contributed by atoms with E-state index in [1.807, 2.05) is 6.92 Å². The van der Waals surface area contributed by atoms with Gasteiger partial charge in [0.25, 0.3) is 0 Å². The van der Waals surface area contributed by atoms with Crippen molar-refractivity contribution in [3.05, 3.63) is 16.1 Å². The van der Waals surface area contributed by atoms with Crippen LogP contribution in [0.2, 0.25) is 0 Å². The second-order valence-corrected chi connectivity index (χ2v) is 5.24. The Labute approximate surface area is 93.2 Å². The van der Waals surface area contributed by atoms with Gasteiger partial charge >= 0.3 is 5.97 Å². The number of hydrogen-bond donors (Lipinski definition) is 1. The van der Waals surface area contributed by atoms with E-state index in [2.05, 4.69) is 10.4 Å². The molecule has 0 aliphatic heterocycles. The van der Waals surface area contributed by atoms with E-state index in [1.54, 1.807) is 11.3 Å². The first kappa shape index (κ1) is 10.6. The molecule has 1 aromatic heterocycles. The predicted octanol–water partition coefficient (Wildman–Crippen LogP) is 2.81. The number of nitrogens with zero attached hydrogens (tertiary/aromatic N) is 1. The molecule has 0 unspecified atom stereocenters. The lowest BCUT2D eigenvalue weighted by Crippen LogP contribution is -2.20. The standard InChI is InChI=1S/C11H15NO2S/c1-7-12-10(6-15-7)8-2-4-9(5-3-8)11(13)14/h6,8-9H,2-5H2,1H3,(H,13,14)/t8-,9-. The normalized spacial score (nSPS) is 26.5. The molecule has 2 rings (SSSR count). The van der Waals surface area contributed by atoms with Crippen molar-refractivity contribution in [2.75, 3.05) is 0 Å². The molecule has 0 spiro atoms. The van der Waals surface area contributed by atoms with Crippen LogP contribution in [-0.2, 0) is 4.79 Å². The molecular formula is C11H15NO2S. The maximum absolute atomic E-state index is 10.8. The largest absolute Gasteiger partial charge is 0.481 e. The number of hydrogen-bond acceptors (Lipinski definition) is 3. The van der Waals surface area contributed by atoms with Crippen LogP contribution in [-0.4, -0.2) is 16.1 Å². The van der Waals surface area contributed by atoms with Gasteiger partial charge in [0.15, 0.2) is 0 Å². The molecule has 1 aliphatic carbocycles. The Morgan fingerprint density at radius 3 is 2.60 bits per heavy atom. The molecule has 0 bridgehead atoms. The SMILES string of the molecule is Cc1nc([C@H]2CC[C@H](C(=O)O)CC2)cs1.